The molecule has 1 aromatic carbocycles. The third kappa shape index (κ3) is 5.57. The summed E-state index contributed by atoms with van der Waals surface area (Å²) >= 11 is 11.9. The number of benzene rings is 1. The number of aryl methyl sites for hydroxylation is 1. The van der Waals surface area contributed by atoms with Gasteiger partial charge in [0.1, 0.15) is 0 Å². The monoisotopic (exact) mass is 318 g/mol. The third-order valence-electron chi connectivity index (χ3n) is 2.95. The van der Waals surface area contributed by atoms with Gasteiger partial charge in [0.25, 0.3) is 0 Å². The molecule has 0 spiro atoms. The molecule has 0 radical (unpaired) electrons. The maximum absolute atomic E-state index is 11.7. The zero-order valence-corrected chi connectivity index (χ0v) is 13.0. The molecule has 1 rings (SSSR count). The van der Waals surface area contributed by atoms with Gasteiger partial charge in [-0.25, -0.2) is 4.79 Å². The minimum atomic E-state index is -0.149. The van der Waals surface area contributed by atoms with Gasteiger partial charge in [0, 0.05) is 29.7 Å². The van der Waals surface area contributed by atoms with Crippen LogP contribution < -0.4 is 5.32 Å². The van der Waals surface area contributed by atoms with Gasteiger partial charge in [-0.3, -0.25) is 0 Å². The summed E-state index contributed by atoms with van der Waals surface area (Å²) < 4.78 is 0. The SMILES string of the molecule is CCN(CCO)C(=O)NCCCc1ccc(Cl)cc1Cl. The molecule has 0 aliphatic carbocycles. The third-order valence-corrected chi connectivity index (χ3v) is 3.54. The summed E-state index contributed by atoms with van der Waals surface area (Å²) in [6, 6.07) is 5.28. The van der Waals surface area contributed by atoms with Crippen LogP contribution in [0.5, 0.6) is 0 Å². The summed E-state index contributed by atoms with van der Waals surface area (Å²) in [4.78, 5) is 13.3. The lowest BCUT2D eigenvalue weighted by Crippen LogP contribution is -2.41. The van der Waals surface area contributed by atoms with Gasteiger partial charge in [-0.15, -0.1) is 0 Å². The zero-order valence-electron chi connectivity index (χ0n) is 11.5. The number of nitrogens with zero attached hydrogens (tertiary/aromatic N) is 1. The fourth-order valence-electron chi connectivity index (χ4n) is 1.83. The van der Waals surface area contributed by atoms with Crippen LogP contribution in [0.15, 0.2) is 18.2 Å². The molecular weight excluding hydrogens is 299 g/mol. The van der Waals surface area contributed by atoms with E-state index in [2.05, 4.69) is 5.32 Å². The Labute approximate surface area is 129 Å². The maximum atomic E-state index is 11.7. The van der Waals surface area contributed by atoms with Crippen LogP contribution in [-0.2, 0) is 6.42 Å². The largest absolute Gasteiger partial charge is 0.395 e. The molecule has 0 fully saturated rings. The molecule has 0 heterocycles. The fraction of sp³-hybridized carbons (Fsp3) is 0.500. The van der Waals surface area contributed by atoms with E-state index in [1.54, 1.807) is 17.0 Å². The molecule has 4 nitrogen and oxygen atoms in total. The number of hydrogen-bond donors (Lipinski definition) is 2. The van der Waals surface area contributed by atoms with Gasteiger partial charge in [-0.2, -0.15) is 0 Å². The highest BCUT2D eigenvalue weighted by molar-refractivity contribution is 6.35. The molecule has 0 aliphatic rings. The highest BCUT2D eigenvalue weighted by Crippen LogP contribution is 2.21. The zero-order chi connectivity index (χ0) is 15.0. The van der Waals surface area contributed by atoms with Crippen LogP contribution in [0.4, 0.5) is 4.79 Å². The number of urea groups is 1. The molecule has 2 N–H and O–H groups in total. The van der Waals surface area contributed by atoms with E-state index in [9.17, 15) is 4.79 Å². The molecule has 0 unspecified atom stereocenters. The number of aliphatic hydroxyl groups excluding tert-OH is 1. The minimum Gasteiger partial charge on any atom is -0.395 e. The van der Waals surface area contributed by atoms with Crippen LogP contribution in [0, 0.1) is 0 Å². The van der Waals surface area contributed by atoms with E-state index in [1.807, 2.05) is 13.0 Å². The van der Waals surface area contributed by atoms with Crippen molar-refractivity contribution in [2.24, 2.45) is 0 Å². The molecule has 2 amide bonds. The van der Waals surface area contributed by atoms with E-state index >= 15 is 0 Å². The van der Waals surface area contributed by atoms with Gasteiger partial charge in [-0.1, -0.05) is 29.3 Å². The highest BCUT2D eigenvalue weighted by Gasteiger charge is 2.09. The minimum absolute atomic E-state index is 0.0261. The lowest BCUT2D eigenvalue weighted by molar-refractivity contribution is 0.180. The Morgan fingerprint density at radius 2 is 2.15 bits per heavy atom. The molecule has 0 saturated carbocycles. The summed E-state index contributed by atoms with van der Waals surface area (Å²) in [5, 5.41) is 12.9. The molecule has 0 aliphatic heterocycles. The van der Waals surface area contributed by atoms with Gasteiger partial charge in [0.2, 0.25) is 0 Å². The second-order valence-electron chi connectivity index (χ2n) is 4.37. The van der Waals surface area contributed by atoms with Crippen molar-refractivity contribution >= 4 is 29.2 Å². The second-order valence-corrected chi connectivity index (χ2v) is 5.22. The summed E-state index contributed by atoms with van der Waals surface area (Å²) in [5.41, 5.74) is 1.02. The summed E-state index contributed by atoms with van der Waals surface area (Å²) in [6.07, 6.45) is 1.58. The van der Waals surface area contributed by atoms with Crippen molar-refractivity contribution in [2.45, 2.75) is 19.8 Å². The number of likely N-dealkylation sites (N-methyl/N-ethyl adjacent to an activating group) is 1. The molecule has 0 saturated heterocycles. The molecule has 20 heavy (non-hydrogen) atoms. The Kier molecular flexibility index (Phi) is 7.73. The molecule has 112 valence electrons. The van der Waals surface area contributed by atoms with Gasteiger partial charge in [0.05, 0.1) is 6.61 Å². The van der Waals surface area contributed by atoms with Crippen molar-refractivity contribution in [3.63, 3.8) is 0 Å². The second kappa shape index (κ2) is 9.06. The predicted molar refractivity (Wildman–Crippen MR) is 82.5 cm³/mol. The molecule has 0 atom stereocenters. The first kappa shape index (κ1) is 17.1. The number of halogens is 2. The average molecular weight is 319 g/mol. The van der Waals surface area contributed by atoms with Crippen molar-refractivity contribution in [2.75, 3.05) is 26.2 Å². The van der Waals surface area contributed by atoms with E-state index in [0.29, 0.717) is 29.7 Å². The number of amides is 2. The lowest BCUT2D eigenvalue weighted by atomic mass is 10.1. The van der Waals surface area contributed by atoms with Crippen LogP contribution >= 0.6 is 23.2 Å². The van der Waals surface area contributed by atoms with Crippen LogP contribution in [0.1, 0.15) is 18.9 Å². The van der Waals surface area contributed by atoms with Crippen molar-refractivity contribution in [1.82, 2.24) is 10.2 Å². The first-order valence-corrected chi connectivity index (χ1v) is 7.41. The Morgan fingerprint density at radius 1 is 1.40 bits per heavy atom. The summed E-state index contributed by atoms with van der Waals surface area (Å²) in [7, 11) is 0. The molecule has 0 bridgehead atoms. The van der Waals surface area contributed by atoms with Gasteiger partial charge < -0.3 is 15.3 Å². The van der Waals surface area contributed by atoms with Gasteiger partial charge >= 0.3 is 6.03 Å². The molecule has 6 heteroatoms. The number of aliphatic hydroxyl groups is 1. The van der Waals surface area contributed by atoms with Gasteiger partial charge in [0.15, 0.2) is 0 Å². The van der Waals surface area contributed by atoms with E-state index in [-0.39, 0.29) is 12.6 Å². The molecule has 0 aromatic heterocycles. The topological polar surface area (TPSA) is 52.6 Å². The first-order valence-electron chi connectivity index (χ1n) is 6.66. The van der Waals surface area contributed by atoms with E-state index < -0.39 is 0 Å². The van der Waals surface area contributed by atoms with Crippen LogP contribution in [0.25, 0.3) is 0 Å². The number of carbonyl (C=O) groups is 1. The van der Waals surface area contributed by atoms with Crippen molar-refractivity contribution < 1.29 is 9.90 Å². The summed E-state index contributed by atoms with van der Waals surface area (Å²) in [6.45, 7) is 3.35. The van der Waals surface area contributed by atoms with E-state index in [0.717, 1.165) is 18.4 Å². The first-order chi connectivity index (χ1) is 9.58. The number of hydrogen-bond acceptors (Lipinski definition) is 2. The lowest BCUT2D eigenvalue weighted by Gasteiger charge is -2.20. The predicted octanol–water partition coefficient (Wildman–Crippen LogP) is 2.95. The molecule has 1 aromatic rings. The van der Waals surface area contributed by atoms with Crippen molar-refractivity contribution in [1.29, 1.82) is 0 Å². The van der Waals surface area contributed by atoms with Crippen LogP contribution in [-0.4, -0.2) is 42.3 Å². The average Bonchev–Trinajstić information content (AvgIpc) is 2.42. The van der Waals surface area contributed by atoms with Crippen LogP contribution in [0.2, 0.25) is 10.0 Å². The smallest absolute Gasteiger partial charge is 0.317 e. The number of carbonyl (C=O) groups excluding carboxylic acids is 1. The molecular formula is C14H20Cl2N2O2. The highest BCUT2D eigenvalue weighted by atomic mass is 35.5. The standard InChI is InChI=1S/C14H20Cl2N2O2/c1-2-18(8-9-19)14(20)17-7-3-4-11-5-6-12(15)10-13(11)16/h5-6,10,19H,2-4,7-9H2,1H3,(H,17,20). The quantitative estimate of drug-likeness (QED) is 0.759. The fourth-order valence-corrected chi connectivity index (χ4v) is 2.34. The summed E-state index contributed by atoms with van der Waals surface area (Å²) in [5.74, 6) is 0. The van der Waals surface area contributed by atoms with Crippen molar-refractivity contribution in [3.05, 3.63) is 33.8 Å². The number of rotatable bonds is 7. The Balaban J connectivity index is 2.32. The van der Waals surface area contributed by atoms with Gasteiger partial charge in [-0.05, 0) is 37.5 Å². The number of nitrogens with one attached hydrogen (secondary N) is 1. The Morgan fingerprint density at radius 3 is 2.75 bits per heavy atom. The van der Waals surface area contributed by atoms with Crippen molar-refractivity contribution in [3.8, 4) is 0 Å². The van der Waals surface area contributed by atoms with E-state index in [1.165, 1.54) is 0 Å². The normalized spacial score (nSPS) is 10.4. The van der Waals surface area contributed by atoms with E-state index in [4.69, 9.17) is 28.3 Å². The van der Waals surface area contributed by atoms with Crippen LogP contribution in [0.3, 0.4) is 0 Å². The Bertz CT molecular complexity index is 441. The Hall–Kier alpha value is -0.970. The maximum Gasteiger partial charge on any atom is 0.317 e.